The Labute approximate surface area is 99.3 Å². The monoisotopic (exact) mass is 220 g/mol. The average Bonchev–Trinajstić information content (AvgIpc) is 2.24. The first-order valence-corrected chi connectivity index (χ1v) is 6.45. The molecule has 0 aliphatic heterocycles. The molecule has 2 rings (SSSR count). The molecule has 1 saturated carbocycles. The van der Waals surface area contributed by atoms with Crippen LogP contribution in [0.3, 0.4) is 0 Å². The van der Waals surface area contributed by atoms with Crippen molar-refractivity contribution in [1.29, 1.82) is 0 Å². The summed E-state index contributed by atoms with van der Waals surface area (Å²) < 4.78 is 0. The maximum absolute atomic E-state index is 10.2. The van der Waals surface area contributed by atoms with Crippen LogP contribution >= 0.6 is 0 Å². The van der Waals surface area contributed by atoms with Crippen molar-refractivity contribution in [3.63, 3.8) is 0 Å². The van der Waals surface area contributed by atoms with E-state index in [9.17, 15) is 5.11 Å². The molecule has 4 atom stereocenters. The fourth-order valence-electron chi connectivity index (χ4n) is 3.59. The van der Waals surface area contributed by atoms with E-state index in [0.717, 1.165) is 12.8 Å². The van der Waals surface area contributed by atoms with Crippen molar-refractivity contribution in [2.45, 2.75) is 52.6 Å². The van der Waals surface area contributed by atoms with Crippen molar-refractivity contribution in [2.75, 3.05) is 0 Å². The molecule has 1 heteroatoms. The van der Waals surface area contributed by atoms with Crippen LogP contribution in [0.1, 0.15) is 46.5 Å². The van der Waals surface area contributed by atoms with Crippen LogP contribution in [0.25, 0.3) is 0 Å². The molecule has 0 bridgehead atoms. The molecule has 0 spiro atoms. The van der Waals surface area contributed by atoms with Gasteiger partial charge in [0.25, 0.3) is 0 Å². The number of aliphatic hydroxyl groups excluding tert-OH is 1. The van der Waals surface area contributed by atoms with Gasteiger partial charge in [-0.15, -0.1) is 0 Å². The third-order valence-electron chi connectivity index (χ3n) is 5.02. The Morgan fingerprint density at radius 2 is 2.25 bits per heavy atom. The fourth-order valence-corrected chi connectivity index (χ4v) is 3.59. The SMILES string of the molecule is C=C(C)C1CC[C@]2(C)C(C1)C(C)=CC[C@H]2O. The van der Waals surface area contributed by atoms with Crippen LogP contribution in [0.15, 0.2) is 23.8 Å². The molecule has 0 saturated heterocycles. The number of hydrogen-bond acceptors (Lipinski definition) is 1. The minimum absolute atomic E-state index is 0.116. The minimum atomic E-state index is -0.146. The van der Waals surface area contributed by atoms with E-state index in [0.29, 0.717) is 11.8 Å². The molecular weight excluding hydrogens is 196 g/mol. The van der Waals surface area contributed by atoms with Gasteiger partial charge in [-0.25, -0.2) is 0 Å². The summed E-state index contributed by atoms with van der Waals surface area (Å²) in [4.78, 5) is 0. The highest BCUT2D eigenvalue weighted by Crippen LogP contribution is 2.52. The van der Waals surface area contributed by atoms with Gasteiger partial charge in [-0.05, 0) is 51.4 Å². The van der Waals surface area contributed by atoms with Gasteiger partial charge in [0.1, 0.15) is 0 Å². The lowest BCUT2D eigenvalue weighted by Gasteiger charge is -2.50. The summed E-state index contributed by atoms with van der Waals surface area (Å²) in [5, 5.41) is 10.2. The summed E-state index contributed by atoms with van der Waals surface area (Å²) in [6, 6.07) is 0. The van der Waals surface area contributed by atoms with Crippen molar-refractivity contribution in [1.82, 2.24) is 0 Å². The van der Waals surface area contributed by atoms with E-state index in [2.05, 4.69) is 33.4 Å². The first-order valence-electron chi connectivity index (χ1n) is 6.45. The Kier molecular flexibility index (Phi) is 3.00. The predicted octanol–water partition coefficient (Wildman–Crippen LogP) is 3.70. The first-order chi connectivity index (χ1) is 7.45. The molecule has 0 radical (unpaired) electrons. The molecular formula is C15H24O. The lowest BCUT2D eigenvalue weighted by Crippen LogP contribution is -2.46. The zero-order valence-electron chi connectivity index (χ0n) is 10.8. The Morgan fingerprint density at radius 1 is 1.56 bits per heavy atom. The standard InChI is InChI=1S/C15H24O/c1-10(2)12-7-8-15(4)13(9-12)11(3)5-6-14(15)16/h5,12-14,16H,1,6-9H2,2-4H3/t12?,13?,14-,15-/m1/s1. The normalized spacial score (nSPS) is 43.5. The van der Waals surface area contributed by atoms with Crippen LogP contribution in [0.4, 0.5) is 0 Å². The maximum atomic E-state index is 10.2. The second kappa shape index (κ2) is 4.03. The van der Waals surface area contributed by atoms with Gasteiger partial charge < -0.3 is 5.11 Å². The maximum Gasteiger partial charge on any atom is 0.0633 e. The minimum Gasteiger partial charge on any atom is -0.392 e. The van der Waals surface area contributed by atoms with Crippen LogP contribution in [0, 0.1) is 17.3 Å². The van der Waals surface area contributed by atoms with Gasteiger partial charge in [-0.3, -0.25) is 0 Å². The van der Waals surface area contributed by atoms with Crippen molar-refractivity contribution >= 4 is 0 Å². The number of rotatable bonds is 1. The quantitative estimate of drug-likeness (QED) is 0.668. The summed E-state index contributed by atoms with van der Waals surface area (Å²) >= 11 is 0. The van der Waals surface area contributed by atoms with E-state index >= 15 is 0 Å². The molecule has 0 aromatic rings. The number of allylic oxidation sites excluding steroid dienone is 2. The van der Waals surface area contributed by atoms with Gasteiger partial charge in [-0.1, -0.05) is 30.7 Å². The summed E-state index contributed by atoms with van der Waals surface area (Å²) in [5.41, 5.74) is 2.92. The molecule has 0 amide bonds. The summed E-state index contributed by atoms with van der Waals surface area (Å²) in [6.07, 6.45) is 6.46. The van der Waals surface area contributed by atoms with Crippen LogP contribution < -0.4 is 0 Å². The molecule has 2 aliphatic carbocycles. The smallest absolute Gasteiger partial charge is 0.0633 e. The molecule has 16 heavy (non-hydrogen) atoms. The predicted molar refractivity (Wildman–Crippen MR) is 68.1 cm³/mol. The Balaban J connectivity index is 2.25. The van der Waals surface area contributed by atoms with E-state index in [1.54, 1.807) is 0 Å². The Morgan fingerprint density at radius 3 is 2.88 bits per heavy atom. The van der Waals surface area contributed by atoms with Gasteiger partial charge in [-0.2, -0.15) is 0 Å². The van der Waals surface area contributed by atoms with Crippen molar-refractivity contribution in [3.8, 4) is 0 Å². The molecule has 1 fully saturated rings. The van der Waals surface area contributed by atoms with Crippen LogP contribution in [0.2, 0.25) is 0 Å². The highest BCUT2D eigenvalue weighted by atomic mass is 16.3. The van der Waals surface area contributed by atoms with Gasteiger partial charge in [0.2, 0.25) is 0 Å². The summed E-state index contributed by atoms with van der Waals surface area (Å²) in [7, 11) is 0. The third-order valence-corrected chi connectivity index (χ3v) is 5.02. The van der Waals surface area contributed by atoms with Gasteiger partial charge >= 0.3 is 0 Å². The van der Waals surface area contributed by atoms with Crippen molar-refractivity contribution in [2.24, 2.45) is 17.3 Å². The lowest BCUT2D eigenvalue weighted by atomic mass is 9.56. The average molecular weight is 220 g/mol. The second-order valence-electron chi connectivity index (χ2n) is 6.08. The number of fused-ring (bicyclic) bond motifs is 1. The van der Waals surface area contributed by atoms with Crippen LogP contribution in [-0.4, -0.2) is 11.2 Å². The molecule has 1 nitrogen and oxygen atoms in total. The van der Waals surface area contributed by atoms with E-state index in [-0.39, 0.29) is 11.5 Å². The van der Waals surface area contributed by atoms with Crippen LogP contribution in [-0.2, 0) is 0 Å². The van der Waals surface area contributed by atoms with E-state index in [1.807, 2.05) is 0 Å². The summed E-state index contributed by atoms with van der Waals surface area (Å²) in [6.45, 7) is 10.7. The van der Waals surface area contributed by atoms with E-state index < -0.39 is 0 Å². The zero-order chi connectivity index (χ0) is 11.9. The first kappa shape index (κ1) is 11.9. The van der Waals surface area contributed by atoms with Gasteiger partial charge in [0, 0.05) is 5.41 Å². The van der Waals surface area contributed by atoms with E-state index in [4.69, 9.17) is 0 Å². The van der Waals surface area contributed by atoms with Gasteiger partial charge in [0.05, 0.1) is 6.10 Å². The van der Waals surface area contributed by atoms with Crippen molar-refractivity contribution < 1.29 is 5.11 Å². The fraction of sp³-hybridized carbons (Fsp3) is 0.733. The number of aliphatic hydroxyl groups is 1. The van der Waals surface area contributed by atoms with Crippen LogP contribution in [0.5, 0.6) is 0 Å². The molecule has 2 aliphatic rings. The van der Waals surface area contributed by atoms with Crippen molar-refractivity contribution in [3.05, 3.63) is 23.8 Å². The third kappa shape index (κ3) is 1.75. The summed E-state index contributed by atoms with van der Waals surface area (Å²) in [5.74, 6) is 1.22. The lowest BCUT2D eigenvalue weighted by molar-refractivity contribution is -0.0356. The van der Waals surface area contributed by atoms with Gasteiger partial charge in [0.15, 0.2) is 0 Å². The largest absolute Gasteiger partial charge is 0.392 e. The zero-order valence-corrected chi connectivity index (χ0v) is 10.8. The molecule has 0 aromatic carbocycles. The molecule has 1 N–H and O–H groups in total. The molecule has 2 unspecified atom stereocenters. The molecule has 0 aromatic heterocycles. The topological polar surface area (TPSA) is 20.2 Å². The molecule has 90 valence electrons. The Hall–Kier alpha value is -0.560. The number of hydrogen-bond donors (Lipinski definition) is 1. The second-order valence-corrected chi connectivity index (χ2v) is 6.08. The highest BCUT2D eigenvalue weighted by molar-refractivity contribution is 5.19. The van der Waals surface area contributed by atoms with E-state index in [1.165, 1.54) is 24.0 Å². The molecule has 0 heterocycles. The highest BCUT2D eigenvalue weighted by Gasteiger charge is 2.46. The Bertz CT molecular complexity index is 328.